The molecule has 1 aliphatic rings. The van der Waals surface area contributed by atoms with Gasteiger partial charge < -0.3 is 30.2 Å². The fraction of sp³-hybridized carbons (Fsp3) is 0.338. The highest BCUT2D eigenvalue weighted by atomic mass is 32.2. The molecule has 1 saturated carbocycles. The quantitative estimate of drug-likeness (QED) is 0.0328. The van der Waals surface area contributed by atoms with Crippen LogP contribution in [-0.4, -0.2) is 87.0 Å². The van der Waals surface area contributed by atoms with Gasteiger partial charge in [-0.05, 0) is 225 Å². The van der Waals surface area contributed by atoms with Gasteiger partial charge in [0.15, 0.2) is 15.4 Å². The molecule has 0 amide bonds. The Morgan fingerprint density at radius 3 is 1.06 bits per heavy atom. The van der Waals surface area contributed by atoms with Crippen LogP contribution in [0.1, 0.15) is 141 Å². The normalized spacial score (nSPS) is 12.5. The molecular formula is C80H101N13O9S6. The van der Waals surface area contributed by atoms with Gasteiger partial charge >= 0.3 is 0 Å². The Balaban J connectivity index is 0.000000223. The first-order chi connectivity index (χ1) is 49.8. The molecule has 7 aromatic heterocycles. The molecular weight excluding hydrogens is 1480 g/mol. The van der Waals surface area contributed by atoms with Crippen LogP contribution in [0.5, 0.6) is 17.2 Å². The summed E-state index contributed by atoms with van der Waals surface area (Å²) < 4.78 is 104. The van der Waals surface area contributed by atoms with Crippen molar-refractivity contribution in [1.82, 2.24) is 34.9 Å². The molecule has 0 spiro atoms. The highest BCUT2D eigenvalue weighted by Gasteiger charge is 2.33. The molecule has 0 unspecified atom stereocenters. The van der Waals surface area contributed by atoms with Crippen LogP contribution in [0.15, 0.2) is 180 Å². The molecule has 576 valence electrons. The maximum Gasteiger partial charge on any atom is 0.265 e. The van der Waals surface area contributed by atoms with Crippen LogP contribution in [0.3, 0.4) is 0 Å². The number of methoxy groups -OCH3 is 3. The lowest BCUT2D eigenvalue weighted by atomic mass is 9.77. The summed E-state index contributed by atoms with van der Waals surface area (Å²) in [5.41, 5.74) is 9.74. The number of rotatable bonds is 24. The largest absolute Gasteiger partial charge is 0.495 e. The molecule has 108 heavy (non-hydrogen) atoms. The van der Waals surface area contributed by atoms with Crippen molar-refractivity contribution in [2.75, 3.05) is 51.4 Å². The second kappa shape index (κ2) is 36.1. The first kappa shape index (κ1) is 85.7. The molecule has 22 nitrogen and oxygen atoms in total. The molecule has 7 heterocycles. The van der Waals surface area contributed by atoms with Crippen molar-refractivity contribution in [3.63, 3.8) is 0 Å². The van der Waals surface area contributed by atoms with Crippen molar-refractivity contribution < 1.29 is 39.5 Å². The van der Waals surface area contributed by atoms with Crippen molar-refractivity contribution in [3.05, 3.63) is 210 Å². The summed E-state index contributed by atoms with van der Waals surface area (Å²) >= 11 is 4.51. The predicted molar refractivity (Wildman–Crippen MR) is 444 cm³/mol. The van der Waals surface area contributed by atoms with Crippen LogP contribution in [-0.2, 0) is 41.1 Å². The molecule has 6 N–H and O–H groups in total. The zero-order valence-corrected chi connectivity index (χ0v) is 66.4. The van der Waals surface area contributed by atoms with Gasteiger partial charge in [0.2, 0.25) is 0 Å². The van der Waals surface area contributed by atoms with Crippen molar-refractivity contribution in [2.45, 2.75) is 169 Å². The summed E-state index contributed by atoms with van der Waals surface area (Å²) in [4.78, 5) is 33.4. The van der Waals surface area contributed by atoms with Gasteiger partial charge in [-0.3, -0.25) is 34.1 Å². The Morgan fingerprint density at radius 1 is 0.398 bits per heavy atom. The van der Waals surface area contributed by atoms with E-state index in [-0.39, 0.29) is 65.3 Å². The van der Waals surface area contributed by atoms with E-state index in [9.17, 15) is 25.3 Å². The van der Waals surface area contributed by atoms with Gasteiger partial charge in [0.25, 0.3) is 30.1 Å². The highest BCUT2D eigenvalue weighted by Crippen LogP contribution is 2.44. The van der Waals surface area contributed by atoms with E-state index in [1.165, 1.54) is 76.1 Å². The van der Waals surface area contributed by atoms with Crippen LogP contribution in [0, 0.1) is 47.5 Å². The molecule has 0 saturated heterocycles. The van der Waals surface area contributed by atoms with Crippen LogP contribution in [0.2, 0.25) is 0 Å². The zero-order chi connectivity index (χ0) is 75.7. The third-order valence-corrected chi connectivity index (χ3v) is 25.6. The number of nitrogens with one attached hydrogen (secondary N) is 6. The Morgan fingerprint density at radius 2 is 0.731 bits per heavy atom. The van der Waals surface area contributed by atoms with E-state index in [1.54, 1.807) is 123 Å². The van der Waals surface area contributed by atoms with E-state index in [1.807, 2.05) is 82.4 Å². The number of anilines is 6. The summed E-state index contributed by atoms with van der Waals surface area (Å²) in [6, 6.07) is 34.5. The average molecular weight is 1580 g/mol. The highest BCUT2D eigenvalue weighted by molar-refractivity contribution is 7.93. The first-order valence-electron chi connectivity index (χ1n) is 33.9. The van der Waals surface area contributed by atoms with Gasteiger partial charge in [-0.25, -0.2) is 40.2 Å². The van der Waals surface area contributed by atoms with Gasteiger partial charge in [0.1, 0.15) is 31.9 Å². The number of aromatic nitrogens is 7. The van der Waals surface area contributed by atoms with Gasteiger partial charge in [-0.2, -0.15) is 0 Å². The van der Waals surface area contributed by atoms with Crippen LogP contribution in [0.25, 0.3) is 31.3 Å². The Labute approximate surface area is 650 Å². The van der Waals surface area contributed by atoms with Crippen molar-refractivity contribution in [2.24, 2.45) is 5.92 Å². The third-order valence-electron chi connectivity index (χ3n) is 18.1. The minimum atomic E-state index is -3.92. The van der Waals surface area contributed by atoms with Crippen molar-refractivity contribution in [1.29, 1.82) is 0 Å². The lowest BCUT2D eigenvalue weighted by Gasteiger charge is -2.37. The monoisotopic (exact) mass is 1580 g/mol. The van der Waals surface area contributed by atoms with Crippen molar-refractivity contribution in [3.8, 4) is 48.6 Å². The number of hydrogen-bond acceptors (Lipinski definition) is 22. The number of pyridine rings is 4. The average Bonchev–Trinajstić information content (AvgIpc) is 1.40. The lowest BCUT2D eigenvalue weighted by Crippen LogP contribution is -2.40. The van der Waals surface area contributed by atoms with Gasteiger partial charge in [0, 0.05) is 55.1 Å². The number of sulfonamides is 3. The van der Waals surface area contributed by atoms with Gasteiger partial charge in [-0.1, -0.05) is 112 Å². The summed E-state index contributed by atoms with van der Waals surface area (Å²) in [7, 11) is -7.35. The first-order valence-corrected chi connectivity index (χ1v) is 40.8. The molecule has 28 heteroatoms. The maximum absolute atomic E-state index is 13.3. The molecule has 4 aromatic carbocycles. The predicted octanol–water partition coefficient (Wildman–Crippen LogP) is 19.7. The van der Waals surface area contributed by atoms with E-state index in [0.29, 0.717) is 23.0 Å². The maximum atomic E-state index is 13.3. The molecule has 1 aliphatic carbocycles. The Kier molecular flexibility index (Phi) is 28.6. The standard InChI is InChI=1S/C26H34N4O3S2.C26H28N4O3S2.C25H27N5O3S2.3CH4/c2*1-17-16-27-14-13-21(17)30-35(31,32)23-15-19(11-12-22(23)33-5)24-18(2)28-25(34-24)29-26(3,4)20-9-7-6-8-10-20;1-16-14-27-12-10-20(16)30-35(31,32)22-13-18(8-9-21(22)33-5)23-17(2)28-24(34-23)29-25(3,4)19-7-6-11-26-15-19;;;/h11-16,20H,6-10H2,1-5H3,(H,27,30)(H,28,29);6-16H,1-5H3,(H,27,30)(H,28,29);6-15H,1-5H3,(H,27,30)(H,28,29);3*1H4. The minimum Gasteiger partial charge on any atom is -0.495 e. The van der Waals surface area contributed by atoms with E-state index < -0.39 is 35.6 Å². The number of ether oxygens (including phenoxy) is 3. The van der Waals surface area contributed by atoms with Crippen LogP contribution >= 0.6 is 34.0 Å². The number of nitrogens with zero attached hydrogens (tertiary/aromatic N) is 7. The topological polar surface area (TPSA) is 293 Å². The fourth-order valence-electron chi connectivity index (χ4n) is 12.1. The Hall–Kier alpha value is -9.58. The van der Waals surface area contributed by atoms with Gasteiger partial charge in [-0.15, -0.1) is 0 Å². The number of hydrogen-bond donors (Lipinski definition) is 6. The summed E-state index contributed by atoms with van der Waals surface area (Å²) in [6.07, 6.45) is 19.4. The molecule has 0 atom stereocenters. The number of benzene rings is 4. The summed E-state index contributed by atoms with van der Waals surface area (Å²) in [6.45, 7) is 24.0. The van der Waals surface area contributed by atoms with E-state index >= 15 is 0 Å². The SMILES string of the molecule is C.C.C.COc1ccc(-c2sc(NC(C)(C)C3CCCCC3)nc2C)cc1S(=O)(=O)Nc1ccncc1C.COc1ccc(-c2sc(NC(C)(C)c3ccccc3)nc2C)cc1S(=O)(=O)Nc1ccncc1C.COc1ccc(-c2sc(NC(C)(C)c3cccnc3)nc2C)cc1S(=O)(=O)Nc1ccncc1C. The van der Waals surface area contributed by atoms with Crippen LogP contribution in [0.4, 0.5) is 32.5 Å². The van der Waals surface area contributed by atoms with Crippen LogP contribution < -0.4 is 44.3 Å². The molecule has 0 radical (unpaired) electrons. The van der Waals surface area contributed by atoms with Gasteiger partial charge in [0.05, 0.1) is 81.2 Å². The molecule has 1 fully saturated rings. The van der Waals surface area contributed by atoms with Crippen molar-refractivity contribution >= 4 is 96.5 Å². The van der Waals surface area contributed by atoms with E-state index in [4.69, 9.17) is 29.2 Å². The summed E-state index contributed by atoms with van der Waals surface area (Å²) in [5, 5.41) is 13.0. The number of aryl methyl sites for hydroxylation is 6. The second-order valence-corrected chi connectivity index (χ2v) is 35.0. The molecule has 0 bridgehead atoms. The van der Waals surface area contributed by atoms with E-state index in [2.05, 4.69) is 104 Å². The smallest absolute Gasteiger partial charge is 0.265 e. The molecule has 0 aliphatic heterocycles. The minimum absolute atomic E-state index is 0. The molecule has 12 rings (SSSR count). The fourth-order valence-corrected chi connectivity index (χ4v) is 19.4. The second-order valence-electron chi connectivity index (χ2n) is 27.1. The number of thiazole rings is 3. The third kappa shape index (κ3) is 20.6. The lowest BCUT2D eigenvalue weighted by molar-refractivity contribution is 0.258. The Bertz CT molecular complexity index is 5000. The molecule has 11 aromatic rings. The summed E-state index contributed by atoms with van der Waals surface area (Å²) in [5.74, 6) is 1.42. The van der Waals surface area contributed by atoms with E-state index in [0.717, 1.165) is 91.6 Å². The zero-order valence-electron chi connectivity index (χ0n) is 61.5.